The maximum absolute atomic E-state index is 13.9. The van der Waals surface area contributed by atoms with Crippen molar-refractivity contribution in [3.05, 3.63) is 48.0 Å². The Kier molecular flexibility index (Phi) is 7.21. The van der Waals surface area contributed by atoms with Crippen molar-refractivity contribution >= 4 is 27.5 Å². The summed E-state index contributed by atoms with van der Waals surface area (Å²) in [7, 11) is -3.70. The smallest absolute Gasteiger partial charge is 0.418 e. The monoisotopic (exact) mass is 512 g/mol. The van der Waals surface area contributed by atoms with Crippen molar-refractivity contribution in [2.45, 2.75) is 56.3 Å². The van der Waals surface area contributed by atoms with E-state index in [-0.39, 0.29) is 29.0 Å². The lowest BCUT2D eigenvalue weighted by Crippen LogP contribution is -2.45. The molecule has 0 spiro atoms. The summed E-state index contributed by atoms with van der Waals surface area (Å²) in [5, 5.41) is 2.30. The molecule has 2 aromatic rings. The first-order valence-electron chi connectivity index (χ1n) is 10.9. The van der Waals surface area contributed by atoms with Crippen LogP contribution in [0.15, 0.2) is 47.4 Å². The van der Waals surface area contributed by atoms with Crippen LogP contribution in [0, 0.1) is 0 Å². The summed E-state index contributed by atoms with van der Waals surface area (Å²) in [5.74, 6) is -0.761. The zero-order valence-electron chi connectivity index (χ0n) is 19.8. The molecule has 2 aromatic carbocycles. The molecule has 1 aliphatic heterocycles. The number of benzene rings is 2. The van der Waals surface area contributed by atoms with E-state index in [4.69, 9.17) is 4.74 Å². The van der Waals surface area contributed by atoms with E-state index in [9.17, 15) is 31.2 Å². The fourth-order valence-electron chi connectivity index (χ4n) is 3.88. The number of likely N-dealkylation sites (tertiary alicyclic amines) is 1. The molecule has 1 saturated heterocycles. The van der Waals surface area contributed by atoms with Gasteiger partial charge in [-0.25, -0.2) is 13.2 Å². The Morgan fingerprint density at radius 3 is 2.34 bits per heavy atom. The van der Waals surface area contributed by atoms with Crippen LogP contribution in [-0.4, -0.2) is 49.8 Å². The number of ether oxygens (including phenoxy) is 1. The number of nitrogens with zero attached hydrogens (tertiary/aromatic N) is 1. The molecule has 3 rings (SSSR count). The number of nitrogens with one attached hydrogen (secondary N) is 1. The molecular weight excluding hydrogens is 485 g/mol. The van der Waals surface area contributed by atoms with Crippen LogP contribution in [0.5, 0.6) is 0 Å². The first-order chi connectivity index (χ1) is 16.1. The van der Waals surface area contributed by atoms with Gasteiger partial charge in [0, 0.05) is 18.4 Å². The minimum atomic E-state index is -4.83. The molecule has 1 fully saturated rings. The lowest BCUT2D eigenvalue weighted by molar-refractivity contribution is -0.137. The molecule has 0 saturated carbocycles. The second-order valence-corrected chi connectivity index (χ2v) is 11.3. The topological polar surface area (TPSA) is 92.8 Å². The summed E-state index contributed by atoms with van der Waals surface area (Å²) in [6.07, 6.45) is -3.78. The standard InChI is InChI=1S/C24H27F3N2O5S/c1-23(2,3)34-22(31)29-13-7-9-19(29)21(30)28-18-12-11-15(14-17(18)24(25,26)27)16-8-5-6-10-20(16)35(4,32)33/h5-6,8,10-12,14,19H,7,9,13H2,1-4H3,(H,28,30). The number of alkyl halides is 3. The van der Waals surface area contributed by atoms with Crippen molar-refractivity contribution in [2.24, 2.45) is 0 Å². The van der Waals surface area contributed by atoms with E-state index in [2.05, 4.69) is 5.32 Å². The Hall–Kier alpha value is -3.08. The van der Waals surface area contributed by atoms with E-state index in [0.29, 0.717) is 6.42 Å². The molecule has 35 heavy (non-hydrogen) atoms. The third-order valence-corrected chi connectivity index (χ3v) is 6.52. The van der Waals surface area contributed by atoms with Gasteiger partial charge in [0.2, 0.25) is 5.91 Å². The maximum atomic E-state index is 13.9. The fourth-order valence-corrected chi connectivity index (χ4v) is 4.79. The van der Waals surface area contributed by atoms with Gasteiger partial charge in [-0.15, -0.1) is 0 Å². The Morgan fingerprint density at radius 2 is 1.74 bits per heavy atom. The molecule has 1 heterocycles. The van der Waals surface area contributed by atoms with Crippen molar-refractivity contribution in [3.8, 4) is 11.1 Å². The second-order valence-electron chi connectivity index (χ2n) is 9.35. The Bertz CT molecular complexity index is 1240. The van der Waals surface area contributed by atoms with Crippen molar-refractivity contribution in [1.29, 1.82) is 0 Å². The first-order valence-corrected chi connectivity index (χ1v) is 12.8. The third kappa shape index (κ3) is 6.33. The summed E-state index contributed by atoms with van der Waals surface area (Å²) in [6, 6.07) is 7.98. The Balaban J connectivity index is 1.94. The molecule has 0 radical (unpaired) electrons. The number of sulfone groups is 1. The van der Waals surface area contributed by atoms with Crippen LogP contribution >= 0.6 is 0 Å². The van der Waals surface area contributed by atoms with Crippen LogP contribution in [0.4, 0.5) is 23.7 Å². The van der Waals surface area contributed by atoms with Crippen LogP contribution < -0.4 is 5.32 Å². The van der Waals surface area contributed by atoms with Crippen molar-refractivity contribution in [2.75, 3.05) is 18.1 Å². The van der Waals surface area contributed by atoms with Gasteiger partial charge in [-0.1, -0.05) is 24.3 Å². The highest BCUT2D eigenvalue weighted by Crippen LogP contribution is 2.39. The van der Waals surface area contributed by atoms with Gasteiger partial charge in [-0.05, 0) is 57.4 Å². The minimum Gasteiger partial charge on any atom is -0.444 e. The highest BCUT2D eigenvalue weighted by Gasteiger charge is 2.39. The van der Waals surface area contributed by atoms with E-state index >= 15 is 0 Å². The van der Waals surface area contributed by atoms with Crippen molar-refractivity contribution < 1.29 is 35.9 Å². The molecular formula is C24H27F3N2O5S. The van der Waals surface area contributed by atoms with E-state index in [0.717, 1.165) is 18.4 Å². The van der Waals surface area contributed by atoms with Gasteiger partial charge in [0.15, 0.2) is 9.84 Å². The van der Waals surface area contributed by atoms with Crippen molar-refractivity contribution in [3.63, 3.8) is 0 Å². The molecule has 1 atom stereocenters. The SMILES string of the molecule is CC(C)(C)OC(=O)N1CCCC1C(=O)Nc1ccc(-c2ccccc2S(C)(=O)=O)cc1C(F)(F)F. The number of carbonyl (C=O) groups is 2. The van der Waals surface area contributed by atoms with Crippen LogP contribution in [0.25, 0.3) is 11.1 Å². The minimum absolute atomic E-state index is 0.0348. The molecule has 2 amide bonds. The van der Waals surface area contributed by atoms with Gasteiger partial charge in [-0.2, -0.15) is 13.2 Å². The predicted molar refractivity (Wildman–Crippen MR) is 125 cm³/mol. The van der Waals surface area contributed by atoms with Gasteiger partial charge < -0.3 is 10.1 Å². The van der Waals surface area contributed by atoms with Crippen LogP contribution in [0.3, 0.4) is 0 Å². The third-order valence-electron chi connectivity index (χ3n) is 5.36. The molecule has 0 aliphatic carbocycles. The van der Waals surface area contributed by atoms with Crippen LogP contribution in [-0.2, 0) is 25.5 Å². The highest BCUT2D eigenvalue weighted by molar-refractivity contribution is 7.90. The fraction of sp³-hybridized carbons (Fsp3) is 0.417. The maximum Gasteiger partial charge on any atom is 0.418 e. The lowest BCUT2D eigenvalue weighted by atomic mass is 10.0. The quantitative estimate of drug-likeness (QED) is 0.614. The van der Waals surface area contributed by atoms with Gasteiger partial charge in [-0.3, -0.25) is 9.69 Å². The zero-order chi connectivity index (χ0) is 26.2. The summed E-state index contributed by atoms with van der Waals surface area (Å²) in [5.41, 5.74) is -2.26. The molecule has 190 valence electrons. The molecule has 0 bridgehead atoms. The normalized spacial score (nSPS) is 16.8. The molecule has 1 unspecified atom stereocenters. The largest absolute Gasteiger partial charge is 0.444 e. The number of hydrogen-bond acceptors (Lipinski definition) is 5. The second kappa shape index (κ2) is 9.52. The Morgan fingerprint density at radius 1 is 1.09 bits per heavy atom. The molecule has 11 heteroatoms. The molecule has 7 nitrogen and oxygen atoms in total. The highest BCUT2D eigenvalue weighted by atomic mass is 32.2. The number of hydrogen-bond donors (Lipinski definition) is 1. The average Bonchev–Trinajstić information content (AvgIpc) is 3.22. The van der Waals surface area contributed by atoms with Crippen LogP contribution in [0.1, 0.15) is 39.2 Å². The Labute approximate surface area is 202 Å². The van der Waals surface area contributed by atoms with Gasteiger partial charge in [0.1, 0.15) is 11.6 Å². The van der Waals surface area contributed by atoms with Crippen LogP contribution in [0.2, 0.25) is 0 Å². The van der Waals surface area contributed by atoms with E-state index in [1.54, 1.807) is 20.8 Å². The zero-order valence-corrected chi connectivity index (χ0v) is 20.6. The number of halogens is 3. The van der Waals surface area contributed by atoms with E-state index < -0.39 is 50.9 Å². The van der Waals surface area contributed by atoms with Gasteiger partial charge in [0.25, 0.3) is 0 Å². The van der Waals surface area contributed by atoms with E-state index in [1.165, 1.54) is 35.2 Å². The average molecular weight is 513 g/mol. The number of carbonyl (C=O) groups excluding carboxylic acids is 2. The molecule has 0 aromatic heterocycles. The first kappa shape index (κ1) is 26.5. The lowest BCUT2D eigenvalue weighted by Gasteiger charge is -2.28. The summed E-state index contributed by atoms with van der Waals surface area (Å²) < 4.78 is 71.4. The summed E-state index contributed by atoms with van der Waals surface area (Å²) in [4.78, 5) is 26.5. The van der Waals surface area contributed by atoms with E-state index in [1.807, 2.05) is 0 Å². The number of rotatable bonds is 4. The summed E-state index contributed by atoms with van der Waals surface area (Å²) in [6.45, 7) is 5.28. The van der Waals surface area contributed by atoms with Crippen molar-refractivity contribution in [1.82, 2.24) is 4.90 Å². The summed E-state index contributed by atoms with van der Waals surface area (Å²) >= 11 is 0. The molecule has 1 aliphatic rings. The molecule has 1 N–H and O–H groups in total. The number of anilines is 1. The number of amides is 2. The van der Waals surface area contributed by atoms with Gasteiger partial charge >= 0.3 is 12.3 Å². The predicted octanol–water partition coefficient (Wildman–Crippen LogP) is 5.11. The van der Waals surface area contributed by atoms with Gasteiger partial charge in [0.05, 0.1) is 16.1 Å².